The van der Waals surface area contributed by atoms with Gasteiger partial charge in [-0.2, -0.15) is 13.2 Å². The van der Waals surface area contributed by atoms with Crippen LogP contribution in [0.15, 0.2) is 4.52 Å². The van der Waals surface area contributed by atoms with E-state index in [0.717, 1.165) is 56.1 Å². The molecule has 4 heterocycles. The monoisotopic (exact) mass is 449 g/mol. The van der Waals surface area contributed by atoms with E-state index in [4.69, 9.17) is 24.0 Å². The minimum absolute atomic E-state index is 0.0511. The number of rotatable bonds is 3. The number of aryl methyl sites for hydroxylation is 2. The number of carboxylic acid groups (broad SMARTS) is 1. The van der Waals surface area contributed by atoms with E-state index in [9.17, 15) is 18.0 Å². The maximum Gasteiger partial charge on any atom is 0.490 e. The van der Waals surface area contributed by atoms with E-state index in [1.165, 1.54) is 0 Å². The highest BCUT2D eigenvalue weighted by Crippen LogP contribution is 2.36. The molecule has 1 N–H and O–H groups in total. The van der Waals surface area contributed by atoms with Crippen molar-refractivity contribution in [2.24, 2.45) is 11.8 Å². The van der Waals surface area contributed by atoms with Gasteiger partial charge in [-0.15, -0.1) is 0 Å². The number of alkyl halides is 3. The lowest BCUT2D eigenvalue weighted by molar-refractivity contribution is -0.192. The van der Waals surface area contributed by atoms with E-state index in [-0.39, 0.29) is 17.9 Å². The van der Waals surface area contributed by atoms with Crippen LogP contribution in [0.1, 0.15) is 29.9 Å². The number of nitrogens with zero attached hydrogens (tertiary/aromatic N) is 3. The third-order valence-corrected chi connectivity index (χ3v) is 5.79. The highest BCUT2D eigenvalue weighted by Gasteiger charge is 2.46. The van der Waals surface area contributed by atoms with Gasteiger partial charge in [0.05, 0.1) is 30.9 Å². The highest BCUT2D eigenvalue weighted by atomic mass is 19.4. The molecule has 1 amide bonds. The Kier molecular flexibility index (Phi) is 7.22. The number of fused-ring (bicyclic) bond motifs is 1. The maximum atomic E-state index is 12.9. The zero-order chi connectivity index (χ0) is 22.8. The standard InChI is InChI=1S/C17H25N3O4.C2HF3O2/c1-11-14(12(2)24-18-11)8-19-9-15(13-4-7-22-16(13)10-19)17(21)20-5-3-6-23-20;3-2(4,5)1(6)7/h13,15-16H,3-10H2,1-2H3;(H,6,7)/t13-,15-,16+;/m0./s1. The fourth-order valence-corrected chi connectivity index (χ4v) is 4.20. The predicted molar refractivity (Wildman–Crippen MR) is 98.6 cm³/mol. The zero-order valence-corrected chi connectivity index (χ0v) is 17.4. The average molecular weight is 449 g/mol. The molecule has 0 unspecified atom stereocenters. The van der Waals surface area contributed by atoms with Crippen molar-refractivity contribution in [1.29, 1.82) is 0 Å². The van der Waals surface area contributed by atoms with E-state index >= 15 is 0 Å². The Bertz CT molecular complexity index is 774. The van der Waals surface area contributed by atoms with Gasteiger partial charge in [0.1, 0.15) is 5.76 Å². The second-order valence-corrected chi connectivity index (χ2v) is 7.90. The van der Waals surface area contributed by atoms with Crippen LogP contribution in [0.3, 0.4) is 0 Å². The summed E-state index contributed by atoms with van der Waals surface area (Å²) in [4.78, 5) is 29.6. The van der Waals surface area contributed by atoms with Gasteiger partial charge in [0.25, 0.3) is 5.91 Å². The predicted octanol–water partition coefficient (Wildman–Crippen LogP) is 1.93. The summed E-state index contributed by atoms with van der Waals surface area (Å²) in [5.74, 6) is -1.52. The Morgan fingerprint density at radius 2 is 1.94 bits per heavy atom. The van der Waals surface area contributed by atoms with Crippen LogP contribution >= 0.6 is 0 Å². The number of aromatic nitrogens is 1. The first-order chi connectivity index (χ1) is 14.6. The first-order valence-electron chi connectivity index (χ1n) is 10.1. The molecule has 174 valence electrons. The number of aliphatic carboxylic acids is 1. The summed E-state index contributed by atoms with van der Waals surface area (Å²) >= 11 is 0. The van der Waals surface area contributed by atoms with Crippen molar-refractivity contribution in [3.63, 3.8) is 0 Å². The van der Waals surface area contributed by atoms with Crippen LogP contribution in [0, 0.1) is 25.7 Å². The third kappa shape index (κ3) is 5.55. The Morgan fingerprint density at radius 3 is 2.48 bits per heavy atom. The molecule has 12 heteroatoms. The molecule has 3 aliphatic heterocycles. The summed E-state index contributed by atoms with van der Waals surface area (Å²) in [7, 11) is 0. The number of halogens is 3. The van der Waals surface area contributed by atoms with E-state index in [0.29, 0.717) is 19.1 Å². The second kappa shape index (κ2) is 9.53. The number of piperidine rings is 1. The fraction of sp³-hybridized carbons (Fsp3) is 0.737. The van der Waals surface area contributed by atoms with Gasteiger partial charge in [0.15, 0.2) is 0 Å². The molecule has 31 heavy (non-hydrogen) atoms. The molecule has 0 aliphatic carbocycles. The van der Waals surface area contributed by atoms with Gasteiger partial charge in [-0.1, -0.05) is 5.16 Å². The molecule has 0 saturated carbocycles. The first-order valence-corrected chi connectivity index (χ1v) is 10.1. The Labute approximate surface area is 177 Å². The molecule has 1 aromatic rings. The Balaban J connectivity index is 0.000000339. The van der Waals surface area contributed by atoms with Gasteiger partial charge in [0, 0.05) is 37.7 Å². The topological polar surface area (TPSA) is 105 Å². The van der Waals surface area contributed by atoms with Crippen molar-refractivity contribution in [1.82, 2.24) is 15.1 Å². The molecule has 9 nitrogen and oxygen atoms in total. The molecule has 1 aromatic heterocycles. The zero-order valence-electron chi connectivity index (χ0n) is 17.4. The number of hydroxylamine groups is 2. The van der Waals surface area contributed by atoms with Crippen molar-refractivity contribution in [3.05, 3.63) is 17.0 Å². The van der Waals surface area contributed by atoms with Gasteiger partial charge in [0.2, 0.25) is 0 Å². The van der Waals surface area contributed by atoms with Crippen molar-refractivity contribution in [3.8, 4) is 0 Å². The van der Waals surface area contributed by atoms with Crippen LogP contribution in [0.5, 0.6) is 0 Å². The lowest BCUT2D eigenvalue weighted by Crippen LogP contribution is -2.52. The smallest absolute Gasteiger partial charge is 0.475 e. The fourth-order valence-electron chi connectivity index (χ4n) is 4.20. The largest absolute Gasteiger partial charge is 0.490 e. The van der Waals surface area contributed by atoms with Gasteiger partial charge in [-0.25, -0.2) is 9.86 Å². The minimum Gasteiger partial charge on any atom is -0.475 e. The Hall–Kier alpha value is -2.18. The second-order valence-electron chi connectivity index (χ2n) is 7.90. The number of hydrogen-bond donors (Lipinski definition) is 1. The van der Waals surface area contributed by atoms with Crippen molar-refractivity contribution < 1.29 is 42.0 Å². The summed E-state index contributed by atoms with van der Waals surface area (Å²) in [5.41, 5.74) is 2.04. The molecule has 3 atom stereocenters. The SMILES string of the molecule is Cc1noc(C)c1CN1C[C@H](C(=O)N2CCCO2)[C@@H]2CCO[C@@H]2C1.O=C(O)C(F)(F)F. The Morgan fingerprint density at radius 1 is 1.23 bits per heavy atom. The molecule has 3 saturated heterocycles. The number of carbonyl (C=O) groups excluding carboxylic acids is 1. The van der Waals surface area contributed by atoms with Crippen LogP contribution in [0.25, 0.3) is 0 Å². The molecule has 0 spiro atoms. The summed E-state index contributed by atoms with van der Waals surface area (Å²) in [6, 6.07) is 0. The number of ether oxygens (including phenoxy) is 1. The van der Waals surface area contributed by atoms with Crippen LogP contribution in [0.2, 0.25) is 0 Å². The summed E-state index contributed by atoms with van der Waals surface area (Å²) in [6.45, 7) is 8.35. The summed E-state index contributed by atoms with van der Waals surface area (Å²) in [5, 5.41) is 12.7. The lowest BCUT2D eigenvalue weighted by Gasteiger charge is -2.40. The number of carbonyl (C=O) groups is 2. The van der Waals surface area contributed by atoms with Crippen LogP contribution in [-0.4, -0.2) is 77.2 Å². The van der Waals surface area contributed by atoms with Crippen molar-refractivity contribution in [2.45, 2.75) is 45.5 Å². The van der Waals surface area contributed by atoms with E-state index < -0.39 is 12.1 Å². The number of carboxylic acids is 1. The minimum atomic E-state index is -5.08. The molecular formula is C19H26F3N3O6. The highest BCUT2D eigenvalue weighted by molar-refractivity contribution is 5.79. The number of amides is 1. The van der Waals surface area contributed by atoms with E-state index in [2.05, 4.69) is 10.1 Å². The van der Waals surface area contributed by atoms with Gasteiger partial charge >= 0.3 is 12.1 Å². The van der Waals surface area contributed by atoms with Gasteiger partial charge in [-0.3, -0.25) is 14.5 Å². The van der Waals surface area contributed by atoms with E-state index in [1.807, 2.05) is 13.8 Å². The van der Waals surface area contributed by atoms with Gasteiger partial charge in [-0.05, 0) is 26.7 Å². The number of likely N-dealkylation sites (tertiary alicyclic amines) is 1. The molecule has 0 aromatic carbocycles. The molecule has 4 rings (SSSR count). The quantitative estimate of drug-likeness (QED) is 0.746. The van der Waals surface area contributed by atoms with Crippen molar-refractivity contribution >= 4 is 11.9 Å². The first kappa shape index (κ1) is 23.5. The van der Waals surface area contributed by atoms with Crippen LogP contribution < -0.4 is 0 Å². The van der Waals surface area contributed by atoms with Crippen LogP contribution in [-0.2, 0) is 25.7 Å². The molecule has 3 aliphatic rings. The number of hydrogen-bond acceptors (Lipinski definition) is 7. The maximum absolute atomic E-state index is 12.9. The third-order valence-electron chi connectivity index (χ3n) is 5.79. The van der Waals surface area contributed by atoms with Gasteiger partial charge < -0.3 is 14.4 Å². The normalized spacial score (nSPS) is 26.4. The summed E-state index contributed by atoms with van der Waals surface area (Å²) in [6.07, 6.45) is -3.06. The summed E-state index contributed by atoms with van der Waals surface area (Å²) < 4.78 is 42.9. The van der Waals surface area contributed by atoms with Crippen molar-refractivity contribution in [2.75, 3.05) is 32.8 Å². The average Bonchev–Trinajstić information content (AvgIpc) is 3.45. The molecule has 0 bridgehead atoms. The molecule has 0 radical (unpaired) electrons. The molecule has 3 fully saturated rings. The molecular weight excluding hydrogens is 423 g/mol. The van der Waals surface area contributed by atoms with Crippen LogP contribution in [0.4, 0.5) is 13.2 Å². The lowest BCUT2D eigenvalue weighted by atomic mass is 9.82. The van der Waals surface area contributed by atoms with E-state index in [1.54, 1.807) is 5.06 Å².